The van der Waals surface area contributed by atoms with Crippen LogP contribution in [0.1, 0.15) is 0 Å². The molecule has 0 radical (unpaired) electrons. The molecule has 0 N–H and O–H groups in total. The molecule has 13 heavy (non-hydrogen) atoms. The first-order chi connectivity index (χ1) is 6.25. The zero-order valence-electron chi connectivity index (χ0n) is 7.40. The molecule has 0 amide bonds. The largest absolute Gasteiger partial charge is 0.344 e. The summed E-state index contributed by atoms with van der Waals surface area (Å²) in [5, 5.41) is 1.30. The van der Waals surface area contributed by atoms with Gasteiger partial charge < -0.3 is 9.80 Å². The third-order valence-electron chi connectivity index (χ3n) is 2.16. The van der Waals surface area contributed by atoms with Gasteiger partial charge in [-0.05, 0) is 18.6 Å². The van der Waals surface area contributed by atoms with E-state index in [9.17, 15) is 0 Å². The predicted molar refractivity (Wildman–Crippen MR) is 54.6 cm³/mol. The Bertz CT molecular complexity index is 282. The summed E-state index contributed by atoms with van der Waals surface area (Å²) in [7, 11) is 2.13. The van der Waals surface area contributed by atoms with E-state index in [4.69, 9.17) is 11.6 Å². The molecule has 2 heterocycles. The minimum Gasteiger partial charge on any atom is -0.344 e. The van der Waals surface area contributed by atoms with Crippen LogP contribution in [0.2, 0.25) is 5.28 Å². The van der Waals surface area contributed by atoms with Crippen molar-refractivity contribution in [2.24, 2.45) is 0 Å². The Balaban J connectivity index is 2.02. The lowest BCUT2D eigenvalue weighted by atomic mass is 10.3. The summed E-state index contributed by atoms with van der Waals surface area (Å²) >= 11 is 7.03. The van der Waals surface area contributed by atoms with Crippen LogP contribution in [0, 0.1) is 0 Å². The average Bonchev–Trinajstić information content (AvgIpc) is 2.53. The zero-order valence-corrected chi connectivity index (χ0v) is 8.98. The highest BCUT2D eigenvalue weighted by molar-refractivity contribution is 7.10. The highest BCUT2D eigenvalue weighted by atomic mass is 35.5. The fourth-order valence-corrected chi connectivity index (χ4v) is 2.18. The summed E-state index contributed by atoms with van der Waals surface area (Å²) in [4.78, 5) is 8.67. The molecular weight excluding hydrogens is 208 g/mol. The van der Waals surface area contributed by atoms with Gasteiger partial charge >= 0.3 is 0 Å². The van der Waals surface area contributed by atoms with Crippen LogP contribution in [-0.2, 0) is 0 Å². The fourth-order valence-electron chi connectivity index (χ4n) is 1.32. The van der Waals surface area contributed by atoms with Gasteiger partial charge in [-0.15, -0.1) is 0 Å². The fraction of sp³-hybridized carbons (Fsp3) is 0.714. The van der Waals surface area contributed by atoms with Crippen LogP contribution in [0.3, 0.4) is 0 Å². The normalized spacial score (nSPS) is 19.4. The second kappa shape index (κ2) is 3.77. The van der Waals surface area contributed by atoms with Crippen LogP contribution in [0.25, 0.3) is 0 Å². The first kappa shape index (κ1) is 9.18. The molecule has 4 nitrogen and oxygen atoms in total. The van der Waals surface area contributed by atoms with E-state index in [0.717, 1.165) is 31.3 Å². The molecule has 2 rings (SSSR count). The topological polar surface area (TPSA) is 32.3 Å². The van der Waals surface area contributed by atoms with Crippen LogP contribution < -0.4 is 4.90 Å². The lowest BCUT2D eigenvalue weighted by Gasteiger charge is -2.31. The number of aromatic nitrogens is 2. The molecule has 0 saturated carbocycles. The molecule has 0 atom stereocenters. The SMILES string of the molecule is CN1CCN(c2nc(Cl)ns2)CC1. The smallest absolute Gasteiger partial charge is 0.236 e. The van der Waals surface area contributed by atoms with Crippen molar-refractivity contribution in [3.63, 3.8) is 0 Å². The first-order valence-corrected chi connectivity index (χ1v) is 5.33. The molecule has 1 fully saturated rings. The molecule has 1 aliphatic rings. The number of hydrogen-bond donors (Lipinski definition) is 0. The van der Waals surface area contributed by atoms with E-state index in [2.05, 4.69) is 26.2 Å². The quantitative estimate of drug-likeness (QED) is 0.703. The monoisotopic (exact) mass is 218 g/mol. The van der Waals surface area contributed by atoms with Gasteiger partial charge in [-0.25, -0.2) is 0 Å². The minimum absolute atomic E-state index is 0.360. The number of piperazine rings is 1. The van der Waals surface area contributed by atoms with Crippen molar-refractivity contribution in [3.05, 3.63) is 5.28 Å². The third-order valence-corrected chi connectivity index (χ3v) is 3.21. The number of hydrogen-bond acceptors (Lipinski definition) is 5. The molecule has 6 heteroatoms. The van der Waals surface area contributed by atoms with Crippen molar-refractivity contribution in [2.45, 2.75) is 0 Å². The molecule has 0 bridgehead atoms. The van der Waals surface area contributed by atoms with E-state index in [1.165, 1.54) is 11.5 Å². The van der Waals surface area contributed by atoms with Gasteiger partial charge in [-0.2, -0.15) is 9.36 Å². The molecule has 72 valence electrons. The Morgan fingerprint density at radius 3 is 2.54 bits per heavy atom. The highest BCUT2D eigenvalue weighted by Gasteiger charge is 2.17. The number of likely N-dealkylation sites (N-methyl/N-ethyl adjacent to an activating group) is 1. The minimum atomic E-state index is 0.360. The first-order valence-electron chi connectivity index (χ1n) is 4.18. The van der Waals surface area contributed by atoms with Gasteiger partial charge in [0.25, 0.3) is 0 Å². The number of anilines is 1. The molecule has 0 unspecified atom stereocenters. The second-order valence-corrected chi connectivity index (χ2v) is 4.20. The molecule has 0 spiro atoms. The van der Waals surface area contributed by atoms with Crippen molar-refractivity contribution in [1.82, 2.24) is 14.3 Å². The summed E-state index contributed by atoms with van der Waals surface area (Å²) in [5.74, 6) is 0. The van der Waals surface area contributed by atoms with E-state index >= 15 is 0 Å². The van der Waals surface area contributed by atoms with Gasteiger partial charge in [0, 0.05) is 37.7 Å². The van der Waals surface area contributed by atoms with Crippen LogP contribution >= 0.6 is 23.1 Å². The van der Waals surface area contributed by atoms with Gasteiger partial charge in [0.15, 0.2) is 0 Å². The lowest BCUT2D eigenvalue weighted by Crippen LogP contribution is -2.44. The molecular formula is C7H11ClN4S. The van der Waals surface area contributed by atoms with E-state index < -0.39 is 0 Å². The maximum absolute atomic E-state index is 5.66. The van der Waals surface area contributed by atoms with Gasteiger partial charge in [0.2, 0.25) is 10.4 Å². The maximum Gasteiger partial charge on any atom is 0.236 e. The van der Waals surface area contributed by atoms with Crippen molar-refractivity contribution in [3.8, 4) is 0 Å². The average molecular weight is 219 g/mol. The summed E-state index contributed by atoms with van der Waals surface area (Å²) < 4.78 is 3.95. The van der Waals surface area contributed by atoms with Crippen molar-refractivity contribution in [1.29, 1.82) is 0 Å². The summed E-state index contributed by atoms with van der Waals surface area (Å²) in [6, 6.07) is 0. The van der Waals surface area contributed by atoms with Crippen LogP contribution in [0.15, 0.2) is 0 Å². The van der Waals surface area contributed by atoms with Gasteiger partial charge in [-0.3, -0.25) is 0 Å². The summed E-state index contributed by atoms with van der Waals surface area (Å²) in [6.45, 7) is 4.19. The molecule has 0 aromatic carbocycles. The molecule has 1 aliphatic heterocycles. The maximum atomic E-state index is 5.66. The van der Waals surface area contributed by atoms with Crippen LogP contribution in [-0.4, -0.2) is 47.5 Å². The van der Waals surface area contributed by atoms with Crippen molar-refractivity contribution >= 4 is 28.3 Å². The zero-order chi connectivity index (χ0) is 9.26. The van der Waals surface area contributed by atoms with Crippen LogP contribution in [0.4, 0.5) is 5.13 Å². The van der Waals surface area contributed by atoms with Crippen LogP contribution in [0.5, 0.6) is 0 Å². The number of halogens is 1. The Morgan fingerprint density at radius 1 is 1.31 bits per heavy atom. The molecule has 1 aromatic rings. The Kier molecular flexibility index (Phi) is 2.66. The Hall–Kier alpha value is -0.390. The van der Waals surface area contributed by atoms with E-state index in [1.807, 2.05) is 0 Å². The predicted octanol–water partition coefficient (Wildman–Crippen LogP) is 0.943. The molecule has 1 saturated heterocycles. The summed E-state index contributed by atoms with van der Waals surface area (Å²) in [6.07, 6.45) is 0. The van der Waals surface area contributed by atoms with Gasteiger partial charge in [0.05, 0.1) is 0 Å². The summed E-state index contributed by atoms with van der Waals surface area (Å²) in [5.41, 5.74) is 0. The van der Waals surface area contributed by atoms with Gasteiger partial charge in [0.1, 0.15) is 0 Å². The van der Waals surface area contributed by atoms with E-state index in [-0.39, 0.29) is 0 Å². The number of rotatable bonds is 1. The van der Waals surface area contributed by atoms with E-state index in [1.54, 1.807) is 0 Å². The van der Waals surface area contributed by atoms with Crippen molar-refractivity contribution in [2.75, 3.05) is 38.1 Å². The highest BCUT2D eigenvalue weighted by Crippen LogP contribution is 2.20. The standard InChI is InChI=1S/C7H11ClN4S/c1-11-2-4-12(5-3-11)7-9-6(8)10-13-7/h2-5H2,1H3. The Morgan fingerprint density at radius 2 is 2.00 bits per heavy atom. The Labute approximate surface area is 86.3 Å². The molecule has 0 aliphatic carbocycles. The van der Waals surface area contributed by atoms with Gasteiger partial charge in [-0.1, -0.05) is 0 Å². The third kappa shape index (κ3) is 2.10. The van der Waals surface area contributed by atoms with Crippen molar-refractivity contribution < 1.29 is 0 Å². The number of nitrogens with zero attached hydrogens (tertiary/aromatic N) is 4. The lowest BCUT2D eigenvalue weighted by molar-refractivity contribution is 0.313. The van der Waals surface area contributed by atoms with E-state index in [0.29, 0.717) is 5.28 Å². The molecule has 1 aromatic heterocycles. The second-order valence-electron chi connectivity index (χ2n) is 3.14.